The summed E-state index contributed by atoms with van der Waals surface area (Å²) in [7, 11) is 0. The van der Waals surface area contributed by atoms with Gasteiger partial charge in [-0.05, 0) is 98.2 Å². The predicted molar refractivity (Wildman–Crippen MR) is 195 cm³/mol. The fraction of sp³-hybridized carbons (Fsp3) is 0.0227. The summed E-state index contributed by atoms with van der Waals surface area (Å²) >= 11 is 0. The molecule has 0 aliphatic rings. The minimum absolute atomic E-state index is 1.14. The number of nitrogens with zero attached hydrogens (tertiary/aromatic N) is 2. The van der Waals surface area contributed by atoms with Crippen LogP contribution in [0.25, 0.3) is 82.4 Å². The average molecular weight is 587 g/mol. The van der Waals surface area contributed by atoms with Crippen LogP contribution in [0.15, 0.2) is 164 Å². The van der Waals surface area contributed by atoms with Gasteiger partial charge in [-0.15, -0.1) is 0 Å². The maximum atomic E-state index is 4.45. The van der Waals surface area contributed by atoms with Crippen molar-refractivity contribution in [1.82, 2.24) is 9.55 Å². The molecular formula is C44H30N2. The molecule has 9 aromatic rings. The van der Waals surface area contributed by atoms with Crippen molar-refractivity contribution in [2.45, 2.75) is 6.92 Å². The van der Waals surface area contributed by atoms with Gasteiger partial charge in [0.15, 0.2) is 0 Å². The third-order valence-electron chi connectivity index (χ3n) is 9.33. The number of rotatable bonds is 4. The van der Waals surface area contributed by atoms with E-state index >= 15 is 0 Å². The number of hydrogen-bond acceptors (Lipinski definition) is 1. The summed E-state index contributed by atoms with van der Waals surface area (Å²) in [6.07, 6.45) is 3.87. The van der Waals surface area contributed by atoms with Crippen molar-refractivity contribution in [2.75, 3.05) is 0 Å². The Morgan fingerprint density at radius 2 is 1.00 bits per heavy atom. The van der Waals surface area contributed by atoms with Gasteiger partial charge in [-0.2, -0.15) is 0 Å². The van der Waals surface area contributed by atoms with E-state index in [2.05, 4.69) is 168 Å². The number of fused-ring (bicyclic) bond motifs is 5. The van der Waals surface area contributed by atoms with Gasteiger partial charge in [0, 0.05) is 28.9 Å². The molecular weight excluding hydrogens is 556 g/mol. The zero-order valence-electron chi connectivity index (χ0n) is 25.5. The molecule has 2 heteroatoms. The number of pyridine rings is 1. The number of benzene rings is 7. The fourth-order valence-electron chi connectivity index (χ4n) is 7.27. The predicted octanol–water partition coefficient (Wildman–Crippen LogP) is 11.8. The minimum Gasteiger partial charge on any atom is -0.309 e. The fourth-order valence-corrected chi connectivity index (χ4v) is 7.27. The first-order chi connectivity index (χ1) is 22.7. The molecule has 0 aliphatic heterocycles. The molecule has 0 saturated carbocycles. The molecule has 46 heavy (non-hydrogen) atoms. The summed E-state index contributed by atoms with van der Waals surface area (Å²) in [4.78, 5) is 4.45. The van der Waals surface area contributed by atoms with Crippen LogP contribution in [0.2, 0.25) is 0 Å². The van der Waals surface area contributed by atoms with E-state index in [0.717, 1.165) is 5.69 Å². The van der Waals surface area contributed by atoms with Crippen molar-refractivity contribution in [3.8, 4) is 39.1 Å². The van der Waals surface area contributed by atoms with Crippen molar-refractivity contribution < 1.29 is 0 Å². The number of hydrogen-bond donors (Lipinski definition) is 0. The highest BCUT2D eigenvalue weighted by Gasteiger charge is 2.18. The third-order valence-corrected chi connectivity index (χ3v) is 9.33. The molecule has 2 aromatic heterocycles. The summed E-state index contributed by atoms with van der Waals surface area (Å²) in [5.74, 6) is 0. The Morgan fingerprint density at radius 1 is 0.413 bits per heavy atom. The van der Waals surface area contributed by atoms with E-state index in [1.807, 2.05) is 12.4 Å². The van der Waals surface area contributed by atoms with Crippen LogP contribution in [0.4, 0.5) is 0 Å². The smallest absolute Gasteiger partial charge is 0.0571 e. The van der Waals surface area contributed by atoms with Gasteiger partial charge in [-0.25, -0.2) is 0 Å². The van der Waals surface area contributed by atoms with Gasteiger partial charge in [0.1, 0.15) is 0 Å². The molecule has 9 rings (SSSR count). The van der Waals surface area contributed by atoms with E-state index in [1.165, 1.54) is 82.3 Å². The summed E-state index contributed by atoms with van der Waals surface area (Å²) in [5, 5.41) is 7.44. The van der Waals surface area contributed by atoms with Gasteiger partial charge in [0.2, 0.25) is 0 Å². The second kappa shape index (κ2) is 10.6. The van der Waals surface area contributed by atoms with Gasteiger partial charge >= 0.3 is 0 Å². The molecule has 0 N–H and O–H groups in total. The molecule has 0 radical (unpaired) electrons. The summed E-state index contributed by atoms with van der Waals surface area (Å²) in [6, 6.07) is 55.2. The van der Waals surface area contributed by atoms with E-state index in [0.29, 0.717) is 0 Å². The Morgan fingerprint density at radius 3 is 1.70 bits per heavy atom. The lowest BCUT2D eigenvalue weighted by Crippen LogP contribution is -1.95. The zero-order chi connectivity index (χ0) is 30.6. The molecule has 2 nitrogen and oxygen atoms in total. The van der Waals surface area contributed by atoms with Crippen molar-refractivity contribution >= 4 is 43.4 Å². The molecule has 2 heterocycles. The maximum absolute atomic E-state index is 4.45. The Kier molecular flexibility index (Phi) is 6.07. The van der Waals surface area contributed by atoms with E-state index < -0.39 is 0 Å². The monoisotopic (exact) mass is 586 g/mol. The van der Waals surface area contributed by atoms with Crippen LogP contribution in [0, 0.1) is 6.92 Å². The first-order valence-electron chi connectivity index (χ1n) is 15.8. The number of aryl methyl sites for hydroxylation is 1. The molecule has 0 amide bonds. The van der Waals surface area contributed by atoms with Gasteiger partial charge < -0.3 is 4.57 Å². The van der Waals surface area contributed by atoms with Crippen LogP contribution in [0.5, 0.6) is 0 Å². The quantitative estimate of drug-likeness (QED) is 0.188. The van der Waals surface area contributed by atoms with Crippen molar-refractivity contribution in [2.24, 2.45) is 0 Å². The van der Waals surface area contributed by atoms with Crippen LogP contribution < -0.4 is 0 Å². The van der Waals surface area contributed by atoms with Gasteiger partial charge in [-0.1, -0.05) is 121 Å². The van der Waals surface area contributed by atoms with E-state index in [1.54, 1.807) is 0 Å². The molecule has 0 fully saturated rings. The van der Waals surface area contributed by atoms with E-state index in [4.69, 9.17) is 0 Å². The first kappa shape index (κ1) is 26.4. The second-order valence-corrected chi connectivity index (χ2v) is 12.1. The molecule has 0 unspecified atom stereocenters. The van der Waals surface area contributed by atoms with Crippen molar-refractivity contribution in [1.29, 1.82) is 0 Å². The van der Waals surface area contributed by atoms with Crippen LogP contribution in [0.3, 0.4) is 0 Å². The largest absolute Gasteiger partial charge is 0.309 e. The first-order valence-corrected chi connectivity index (χ1v) is 15.8. The summed E-state index contributed by atoms with van der Waals surface area (Å²) < 4.78 is 2.36. The molecule has 7 aromatic carbocycles. The standard InChI is InChI=1S/C44H30N2/c1-29-18-23-41-39(26-29)40-28-45-25-24-42(40)46(41)34-21-19-31(20-22-34)43-35-14-5-7-16-37(35)44(38-17-8-6-15-36(38)43)33-13-9-12-32(27-33)30-10-3-2-4-11-30/h2-28H,1H3. The van der Waals surface area contributed by atoms with Crippen molar-refractivity contribution in [3.63, 3.8) is 0 Å². The molecule has 0 bridgehead atoms. The lowest BCUT2D eigenvalue weighted by molar-refractivity contribution is 1.17. The van der Waals surface area contributed by atoms with Gasteiger partial charge in [0.05, 0.1) is 11.0 Å². The zero-order valence-corrected chi connectivity index (χ0v) is 25.5. The van der Waals surface area contributed by atoms with E-state index in [-0.39, 0.29) is 0 Å². The lowest BCUT2D eigenvalue weighted by atomic mass is 9.85. The van der Waals surface area contributed by atoms with E-state index in [9.17, 15) is 0 Å². The SMILES string of the molecule is Cc1ccc2c(c1)c1cnccc1n2-c1ccc(-c2c3ccccc3c(-c3cccc(-c4ccccc4)c3)c3ccccc23)cc1. The highest BCUT2D eigenvalue weighted by Crippen LogP contribution is 2.44. The van der Waals surface area contributed by atoms with Crippen LogP contribution in [-0.2, 0) is 0 Å². The third kappa shape index (κ3) is 4.15. The molecule has 0 saturated heterocycles. The molecule has 216 valence electrons. The Balaban J connectivity index is 1.25. The number of aromatic nitrogens is 2. The van der Waals surface area contributed by atoms with Crippen LogP contribution in [-0.4, -0.2) is 9.55 Å². The minimum atomic E-state index is 1.14. The maximum Gasteiger partial charge on any atom is 0.0571 e. The van der Waals surface area contributed by atoms with Gasteiger partial charge in [-0.3, -0.25) is 4.98 Å². The Bertz CT molecular complexity index is 2520. The molecule has 0 aliphatic carbocycles. The average Bonchev–Trinajstić information content (AvgIpc) is 3.44. The van der Waals surface area contributed by atoms with Crippen LogP contribution >= 0.6 is 0 Å². The summed E-state index contributed by atoms with van der Waals surface area (Å²) in [6.45, 7) is 2.15. The van der Waals surface area contributed by atoms with Crippen LogP contribution in [0.1, 0.15) is 5.56 Å². The van der Waals surface area contributed by atoms with Gasteiger partial charge in [0.25, 0.3) is 0 Å². The topological polar surface area (TPSA) is 17.8 Å². The lowest BCUT2D eigenvalue weighted by Gasteiger charge is -2.18. The highest BCUT2D eigenvalue weighted by molar-refractivity contribution is 6.21. The normalized spacial score (nSPS) is 11.6. The Hall–Kier alpha value is -5.99. The molecule has 0 atom stereocenters. The molecule has 0 spiro atoms. The summed E-state index contributed by atoms with van der Waals surface area (Å²) in [5.41, 5.74) is 12.2. The Labute approximate surface area is 267 Å². The second-order valence-electron chi connectivity index (χ2n) is 12.1. The highest BCUT2D eigenvalue weighted by atomic mass is 15.0. The van der Waals surface area contributed by atoms with Crippen molar-refractivity contribution in [3.05, 3.63) is 170 Å².